The van der Waals surface area contributed by atoms with Crippen LogP contribution in [0.25, 0.3) is 11.0 Å². The summed E-state index contributed by atoms with van der Waals surface area (Å²) in [5.41, 5.74) is 2.05. The van der Waals surface area contributed by atoms with Gasteiger partial charge in [0, 0.05) is 49.6 Å². The zero-order valence-corrected chi connectivity index (χ0v) is 15.3. The number of halogens is 1. The third-order valence-electron chi connectivity index (χ3n) is 4.52. The number of rotatable bonds is 3. The van der Waals surface area contributed by atoms with Crippen molar-refractivity contribution in [1.82, 2.24) is 14.9 Å². The largest absolute Gasteiger partial charge is 0.464 e. The molecule has 0 spiro atoms. The van der Waals surface area contributed by atoms with Gasteiger partial charge in [-0.2, -0.15) is 0 Å². The molecule has 0 fully saturated rings. The second-order valence-corrected chi connectivity index (χ2v) is 8.50. The van der Waals surface area contributed by atoms with Gasteiger partial charge in [-0.15, -0.1) is 0 Å². The fourth-order valence-electron chi connectivity index (χ4n) is 3.16. The van der Waals surface area contributed by atoms with Crippen LogP contribution in [-0.2, 0) is 29.3 Å². The van der Waals surface area contributed by atoms with Gasteiger partial charge >= 0.3 is 0 Å². The molecule has 0 atom stereocenters. The van der Waals surface area contributed by atoms with Gasteiger partial charge in [0.25, 0.3) is 0 Å². The van der Waals surface area contributed by atoms with Crippen molar-refractivity contribution in [3.05, 3.63) is 63.5 Å². The van der Waals surface area contributed by atoms with E-state index in [9.17, 15) is 17.6 Å². The van der Waals surface area contributed by atoms with Crippen LogP contribution in [0.4, 0.5) is 4.39 Å². The predicted molar refractivity (Wildman–Crippen MR) is 95.4 cm³/mol. The first kappa shape index (κ1) is 17.7. The Kier molecular flexibility index (Phi) is 4.27. The molecule has 140 valence electrons. The highest BCUT2D eigenvalue weighted by molar-refractivity contribution is 7.90. The van der Waals surface area contributed by atoms with Gasteiger partial charge in [0.05, 0.1) is 17.3 Å². The normalized spacial score (nSPS) is 15.0. The fraction of sp³-hybridized carbons (Fsp3) is 0.278. The molecule has 3 aromatic rings. The van der Waals surface area contributed by atoms with Crippen molar-refractivity contribution >= 4 is 20.8 Å². The molecule has 0 saturated carbocycles. The minimum absolute atomic E-state index is 0.174. The molecule has 2 aromatic heterocycles. The smallest absolute Gasteiger partial charge is 0.246 e. The summed E-state index contributed by atoms with van der Waals surface area (Å²) in [6, 6.07) is 3.86. The maximum atomic E-state index is 13.4. The maximum Gasteiger partial charge on any atom is 0.246 e. The molecule has 0 amide bonds. The van der Waals surface area contributed by atoms with Gasteiger partial charge in [0.15, 0.2) is 5.43 Å². The Labute approximate surface area is 154 Å². The van der Waals surface area contributed by atoms with Crippen molar-refractivity contribution in [2.45, 2.75) is 24.7 Å². The number of sulfone groups is 1. The number of benzene rings is 1. The maximum absolute atomic E-state index is 13.4. The van der Waals surface area contributed by atoms with E-state index in [-0.39, 0.29) is 16.0 Å². The highest BCUT2D eigenvalue weighted by Gasteiger charge is 2.22. The van der Waals surface area contributed by atoms with Crippen LogP contribution in [0.3, 0.4) is 0 Å². The molecule has 0 saturated heterocycles. The Morgan fingerprint density at radius 1 is 1.33 bits per heavy atom. The van der Waals surface area contributed by atoms with Gasteiger partial charge in [-0.25, -0.2) is 22.8 Å². The van der Waals surface area contributed by atoms with Crippen molar-refractivity contribution < 1.29 is 17.2 Å². The molecule has 1 aromatic carbocycles. The number of fused-ring (bicyclic) bond motifs is 2. The summed E-state index contributed by atoms with van der Waals surface area (Å²) in [7, 11) is -3.45. The monoisotopic (exact) mass is 389 g/mol. The van der Waals surface area contributed by atoms with E-state index in [2.05, 4.69) is 9.97 Å². The summed E-state index contributed by atoms with van der Waals surface area (Å²) in [5, 5.41) is 0.0398. The number of aromatic nitrogens is 2. The topological polar surface area (TPSA) is 93.4 Å². The van der Waals surface area contributed by atoms with E-state index in [1.54, 1.807) is 0 Å². The third kappa shape index (κ3) is 3.47. The fourth-order valence-corrected chi connectivity index (χ4v) is 3.68. The van der Waals surface area contributed by atoms with Crippen molar-refractivity contribution in [1.29, 1.82) is 0 Å². The molecule has 0 aliphatic carbocycles. The Hall–Kier alpha value is -2.65. The second-order valence-electron chi connectivity index (χ2n) is 6.59. The zero-order chi connectivity index (χ0) is 19.2. The quantitative estimate of drug-likeness (QED) is 0.629. The molecule has 3 heterocycles. The molecule has 1 aliphatic rings. The first-order chi connectivity index (χ1) is 12.8. The molecule has 9 heteroatoms. The lowest BCUT2D eigenvalue weighted by Crippen LogP contribution is -2.32. The van der Waals surface area contributed by atoms with E-state index in [0.717, 1.165) is 11.8 Å². The zero-order valence-electron chi connectivity index (χ0n) is 14.5. The molecule has 7 nitrogen and oxygen atoms in total. The van der Waals surface area contributed by atoms with Crippen molar-refractivity contribution in [2.24, 2.45) is 0 Å². The predicted octanol–water partition coefficient (Wildman–Crippen LogP) is 1.68. The van der Waals surface area contributed by atoms with E-state index < -0.39 is 15.7 Å². The summed E-state index contributed by atoms with van der Waals surface area (Å²) in [6.45, 7) is 1.43. The first-order valence-corrected chi connectivity index (χ1v) is 10.2. The molecule has 27 heavy (non-hydrogen) atoms. The number of hydrogen-bond donors (Lipinski definition) is 0. The molecule has 4 rings (SSSR count). The number of nitrogens with zero attached hydrogens (tertiary/aromatic N) is 3. The van der Waals surface area contributed by atoms with Gasteiger partial charge in [-0.1, -0.05) is 0 Å². The van der Waals surface area contributed by atoms with Crippen LogP contribution < -0.4 is 5.43 Å². The minimum Gasteiger partial charge on any atom is -0.464 e. The average molecular weight is 389 g/mol. The Morgan fingerprint density at radius 2 is 2.15 bits per heavy atom. The molecule has 0 N–H and O–H groups in total. The molecular weight excluding hydrogens is 373 g/mol. The summed E-state index contributed by atoms with van der Waals surface area (Å²) in [5.74, 6) is -0.488. The minimum atomic E-state index is -3.45. The van der Waals surface area contributed by atoms with Crippen molar-refractivity contribution in [2.75, 3.05) is 12.8 Å². The third-order valence-corrected chi connectivity index (χ3v) is 5.38. The summed E-state index contributed by atoms with van der Waals surface area (Å²) >= 11 is 0. The van der Waals surface area contributed by atoms with Crippen LogP contribution in [0, 0.1) is 5.82 Å². The van der Waals surface area contributed by atoms with Crippen molar-refractivity contribution in [3.63, 3.8) is 0 Å². The van der Waals surface area contributed by atoms with E-state index in [4.69, 9.17) is 4.42 Å². The van der Waals surface area contributed by atoms with Crippen LogP contribution >= 0.6 is 0 Å². The standard InChI is InChI=1S/C18H16FN3O4S/c1-27(24,25)18-20-7-11-8-22(5-4-15(11)21-18)9-12-10-26-16-3-2-13(19)6-14(16)17(12)23/h2-3,6-7,10H,4-5,8-9H2,1H3. The lowest BCUT2D eigenvalue weighted by atomic mass is 10.1. The lowest BCUT2D eigenvalue weighted by Gasteiger charge is -2.27. The SMILES string of the molecule is CS(=O)(=O)c1ncc2c(n1)CCN(Cc1coc3ccc(F)cc3c1=O)C2. The second kappa shape index (κ2) is 6.50. The van der Waals surface area contributed by atoms with Crippen LogP contribution in [0.2, 0.25) is 0 Å². The molecular formula is C18H16FN3O4S. The lowest BCUT2D eigenvalue weighted by molar-refractivity contribution is 0.240. The van der Waals surface area contributed by atoms with Gasteiger partial charge in [0.1, 0.15) is 11.4 Å². The first-order valence-electron chi connectivity index (χ1n) is 8.28. The Bertz CT molecular complexity index is 1210. The Balaban J connectivity index is 1.59. The molecule has 0 radical (unpaired) electrons. The van der Waals surface area contributed by atoms with Crippen molar-refractivity contribution in [3.8, 4) is 0 Å². The van der Waals surface area contributed by atoms with Crippen LogP contribution in [-0.4, -0.2) is 36.1 Å². The molecule has 1 aliphatic heterocycles. The average Bonchev–Trinajstić information content (AvgIpc) is 2.63. The molecule has 0 unspecified atom stereocenters. The van der Waals surface area contributed by atoms with Crippen LogP contribution in [0.15, 0.2) is 45.0 Å². The van der Waals surface area contributed by atoms with Gasteiger partial charge in [0.2, 0.25) is 15.0 Å². The number of hydrogen-bond acceptors (Lipinski definition) is 7. The summed E-state index contributed by atoms with van der Waals surface area (Å²) in [4.78, 5) is 22.7. The van der Waals surface area contributed by atoms with E-state index in [1.165, 1.54) is 30.7 Å². The summed E-state index contributed by atoms with van der Waals surface area (Å²) in [6.07, 6.45) is 4.55. The summed E-state index contributed by atoms with van der Waals surface area (Å²) < 4.78 is 42.1. The Morgan fingerprint density at radius 3 is 2.93 bits per heavy atom. The van der Waals surface area contributed by atoms with Crippen LogP contribution in [0.5, 0.6) is 0 Å². The van der Waals surface area contributed by atoms with E-state index >= 15 is 0 Å². The molecule has 0 bridgehead atoms. The van der Waals surface area contributed by atoms with Crippen LogP contribution in [0.1, 0.15) is 16.8 Å². The van der Waals surface area contributed by atoms with Gasteiger partial charge in [-0.05, 0) is 18.2 Å². The van der Waals surface area contributed by atoms with Gasteiger partial charge < -0.3 is 4.42 Å². The highest BCUT2D eigenvalue weighted by Crippen LogP contribution is 2.20. The highest BCUT2D eigenvalue weighted by atomic mass is 32.2. The van der Waals surface area contributed by atoms with E-state index in [0.29, 0.717) is 42.9 Å². The van der Waals surface area contributed by atoms with Gasteiger partial charge in [-0.3, -0.25) is 9.69 Å². The van der Waals surface area contributed by atoms with E-state index in [1.807, 2.05) is 4.90 Å².